The van der Waals surface area contributed by atoms with E-state index >= 15 is 0 Å². The van der Waals surface area contributed by atoms with E-state index in [9.17, 15) is 4.79 Å². The van der Waals surface area contributed by atoms with E-state index in [0.29, 0.717) is 11.4 Å². The number of nitrogens with zero attached hydrogens (tertiary/aromatic N) is 3. The van der Waals surface area contributed by atoms with Gasteiger partial charge >= 0.3 is 0 Å². The Labute approximate surface area is 159 Å². The highest BCUT2D eigenvalue weighted by Gasteiger charge is 2.25. The van der Waals surface area contributed by atoms with E-state index in [1.54, 1.807) is 13.3 Å². The van der Waals surface area contributed by atoms with Crippen LogP contribution in [0.15, 0.2) is 18.5 Å². The summed E-state index contributed by atoms with van der Waals surface area (Å²) in [6.45, 7) is 2.63. The summed E-state index contributed by atoms with van der Waals surface area (Å²) >= 11 is 0. The normalized spacial score (nSPS) is 20.1. The molecule has 3 heterocycles. The molecule has 2 aromatic heterocycles. The van der Waals surface area contributed by atoms with E-state index in [1.807, 2.05) is 12.3 Å². The van der Waals surface area contributed by atoms with Crippen molar-refractivity contribution < 1.29 is 9.53 Å². The Balaban J connectivity index is 1.45. The molecular formula is C20H27N5O2. The molecule has 0 unspecified atom stereocenters. The average Bonchev–Trinajstić information content (AvgIpc) is 3.29. The molecule has 144 valence electrons. The Morgan fingerprint density at radius 1 is 1.37 bits per heavy atom. The number of ether oxygens (including phenoxy) is 1. The van der Waals surface area contributed by atoms with Crippen molar-refractivity contribution >= 4 is 5.91 Å². The van der Waals surface area contributed by atoms with Crippen LogP contribution in [0.25, 0.3) is 0 Å². The van der Waals surface area contributed by atoms with Crippen LogP contribution >= 0.6 is 0 Å². The van der Waals surface area contributed by atoms with Crippen molar-refractivity contribution in [3.8, 4) is 5.88 Å². The second-order valence-corrected chi connectivity index (χ2v) is 7.44. The minimum atomic E-state index is -0.0844. The quantitative estimate of drug-likeness (QED) is 0.843. The van der Waals surface area contributed by atoms with Crippen LogP contribution < -0.4 is 10.1 Å². The van der Waals surface area contributed by atoms with Crippen LogP contribution in [0.2, 0.25) is 0 Å². The lowest BCUT2D eigenvalue weighted by Crippen LogP contribution is -2.42. The summed E-state index contributed by atoms with van der Waals surface area (Å²) in [6, 6.07) is 2.09. The summed E-state index contributed by atoms with van der Waals surface area (Å²) in [6.07, 6.45) is 9.92. The van der Waals surface area contributed by atoms with E-state index in [1.165, 1.54) is 5.56 Å². The summed E-state index contributed by atoms with van der Waals surface area (Å²) < 4.78 is 5.40. The first-order chi connectivity index (χ1) is 13.2. The van der Waals surface area contributed by atoms with E-state index in [0.717, 1.165) is 69.7 Å². The number of aromatic nitrogens is 3. The molecule has 1 atom stereocenters. The fourth-order valence-electron chi connectivity index (χ4n) is 4.11. The first-order valence-electron chi connectivity index (χ1n) is 9.81. The van der Waals surface area contributed by atoms with Crippen LogP contribution in [0, 0.1) is 0 Å². The number of rotatable bonds is 5. The number of H-pyrrole nitrogens is 1. The van der Waals surface area contributed by atoms with Gasteiger partial charge in [0.05, 0.1) is 13.7 Å². The van der Waals surface area contributed by atoms with Gasteiger partial charge in [-0.15, -0.1) is 0 Å². The lowest BCUT2D eigenvalue weighted by atomic mass is 10.1. The number of carbonyl (C=O) groups is 1. The van der Waals surface area contributed by atoms with E-state index in [2.05, 4.69) is 25.2 Å². The van der Waals surface area contributed by atoms with Gasteiger partial charge in [-0.2, -0.15) is 0 Å². The zero-order valence-electron chi connectivity index (χ0n) is 15.8. The zero-order valence-corrected chi connectivity index (χ0v) is 15.8. The highest BCUT2D eigenvalue weighted by molar-refractivity contribution is 5.96. The Hall–Kier alpha value is -2.41. The Morgan fingerprint density at radius 3 is 3.11 bits per heavy atom. The van der Waals surface area contributed by atoms with Gasteiger partial charge in [0.1, 0.15) is 11.4 Å². The molecule has 0 bridgehead atoms. The zero-order chi connectivity index (χ0) is 18.6. The SMILES string of the molecule is COc1nc2c(cc1C(=O)N[C@H]1CCCCN(Cc3ncc[nH]3)C1)CCC2. The van der Waals surface area contributed by atoms with Crippen molar-refractivity contribution in [1.29, 1.82) is 0 Å². The van der Waals surface area contributed by atoms with Crippen LogP contribution in [0.3, 0.4) is 0 Å². The molecule has 2 aliphatic rings. The standard InChI is InChI=1S/C20H27N5O2/c1-27-20-16(11-14-5-4-7-17(14)24-20)19(26)23-15-6-2-3-10-25(12-15)13-18-21-8-9-22-18/h8-9,11,15H,2-7,10,12-13H2,1H3,(H,21,22)(H,23,26)/t15-/m0/s1. The maximum Gasteiger partial charge on any atom is 0.257 e. The van der Waals surface area contributed by atoms with Crippen molar-refractivity contribution in [3.63, 3.8) is 0 Å². The molecular weight excluding hydrogens is 342 g/mol. The van der Waals surface area contributed by atoms with Crippen molar-refractivity contribution in [3.05, 3.63) is 41.1 Å². The number of fused-ring (bicyclic) bond motifs is 1. The summed E-state index contributed by atoms with van der Waals surface area (Å²) in [5.74, 6) is 1.32. The molecule has 4 rings (SSSR count). The van der Waals surface area contributed by atoms with Crippen molar-refractivity contribution in [2.75, 3.05) is 20.2 Å². The molecule has 1 aliphatic heterocycles. The predicted molar refractivity (Wildman–Crippen MR) is 102 cm³/mol. The summed E-state index contributed by atoms with van der Waals surface area (Å²) in [4.78, 5) is 27.4. The lowest BCUT2D eigenvalue weighted by Gasteiger charge is -2.24. The highest BCUT2D eigenvalue weighted by Crippen LogP contribution is 2.26. The Bertz CT molecular complexity index is 790. The van der Waals surface area contributed by atoms with Gasteiger partial charge < -0.3 is 15.0 Å². The van der Waals surface area contributed by atoms with Crippen LogP contribution in [-0.4, -0.2) is 52.0 Å². The molecule has 0 aromatic carbocycles. The van der Waals surface area contributed by atoms with Gasteiger partial charge in [0.2, 0.25) is 5.88 Å². The third-order valence-corrected chi connectivity index (χ3v) is 5.47. The van der Waals surface area contributed by atoms with Crippen molar-refractivity contribution in [2.45, 2.75) is 51.1 Å². The van der Waals surface area contributed by atoms with Crippen LogP contribution in [-0.2, 0) is 19.4 Å². The molecule has 0 radical (unpaired) electrons. The predicted octanol–water partition coefficient (Wildman–Crippen LogP) is 2.09. The van der Waals surface area contributed by atoms with Gasteiger partial charge in [0, 0.05) is 30.7 Å². The number of methoxy groups -OCH3 is 1. The second kappa shape index (κ2) is 8.08. The molecule has 0 spiro atoms. The maximum absolute atomic E-state index is 13.0. The summed E-state index contributed by atoms with van der Waals surface area (Å²) in [5.41, 5.74) is 2.81. The minimum absolute atomic E-state index is 0.0844. The monoisotopic (exact) mass is 369 g/mol. The first-order valence-corrected chi connectivity index (χ1v) is 9.81. The molecule has 7 heteroatoms. The molecule has 1 fully saturated rings. The van der Waals surface area contributed by atoms with Gasteiger partial charge in [-0.25, -0.2) is 9.97 Å². The fraction of sp³-hybridized carbons (Fsp3) is 0.550. The van der Waals surface area contributed by atoms with Crippen molar-refractivity contribution in [2.24, 2.45) is 0 Å². The lowest BCUT2D eigenvalue weighted by molar-refractivity contribution is 0.0921. The Kier molecular flexibility index (Phi) is 5.38. The minimum Gasteiger partial charge on any atom is -0.480 e. The largest absolute Gasteiger partial charge is 0.480 e. The third kappa shape index (κ3) is 4.13. The number of amides is 1. The number of hydrogen-bond donors (Lipinski definition) is 2. The van der Waals surface area contributed by atoms with Gasteiger partial charge in [-0.1, -0.05) is 6.42 Å². The number of nitrogens with one attached hydrogen (secondary N) is 2. The molecule has 27 heavy (non-hydrogen) atoms. The van der Waals surface area contributed by atoms with Gasteiger partial charge in [-0.3, -0.25) is 9.69 Å². The smallest absolute Gasteiger partial charge is 0.257 e. The van der Waals surface area contributed by atoms with Crippen LogP contribution in [0.4, 0.5) is 0 Å². The number of aromatic amines is 1. The third-order valence-electron chi connectivity index (χ3n) is 5.47. The molecule has 1 amide bonds. The van der Waals surface area contributed by atoms with E-state index in [4.69, 9.17) is 4.74 Å². The topological polar surface area (TPSA) is 83.1 Å². The number of hydrogen-bond acceptors (Lipinski definition) is 5. The molecule has 2 N–H and O–H groups in total. The van der Waals surface area contributed by atoms with Crippen LogP contribution in [0.5, 0.6) is 5.88 Å². The van der Waals surface area contributed by atoms with Crippen molar-refractivity contribution in [1.82, 2.24) is 25.2 Å². The number of likely N-dealkylation sites (tertiary alicyclic amines) is 1. The number of aryl methyl sites for hydroxylation is 2. The van der Waals surface area contributed by atoms with Gasteiger partial charge in [-0.05, 0) is 50.3 Å². The van der Waals surface area contributed by atoms with Gasteiger partial charge in [0.25, 0.3) is 5.91 Å². The molecule has 7 nitrogen and oxygen atoms in total. The highest BCUT2D eigenvalue weighted by atomic mass is 16.5. The van der Waals surface area contributed by atoms with Crippen LogP contribution in [0.1, 0.15) is 53.1 Å². The summed E-state index contributed by atoms with van der Waals surface area (Å²) in [5, 5.41) is 3.22. The first kappa shape index (κ1) is 18.0. The average molecular weight is 369 g/mol. The van der Waals surface area contributed by atoms with E-state index < -0.39 is 0 Å². The summed E-state index contributed by atoms with van der Waals surface area (Å²) in [7, 11) is 1.58. The second-order valence-electron chi connectivity index (χ2n) is 7.44. The maximum atomic E-state index is 13.0. The fourth-order valence-corrected chi connectivity index (χ4v) is 4.11. The van der Waals surface area contributed by atoms with Gasteiger partial charge in [0.15, 0.2) is 0 Å². The molecule has 2 aromatic rings. The Morgan fingerprint density at radius 2 is 2.30 bits per heavy atom. The molecule has 1 aliphatic carbocycles. The number of pyridine rings is 1. The number of carbonyl (C=O) groups excluding carboxylic acids is 1. The number of imidazole rings is 1. The molecule has 0 saturated carbocycles. The molecule has 1 saturated heterocycles. The van der Waals surface area contributed by atoms with E-state index in [-0.39, 0.29) is 11.9 Å².